The third-order valence-corrected chi connectivity index (χ3v) is 3.59. The SMILES string of the molecule is CN(C)CCNc1cc2ccccc2n1-c1ccccc1. The average molecular weight is 279 g/mol. The summed E-state index contributed by atoms with van der Waals surface area (Å²) in [4.78, 5) is 2.18. The number of para-hydroxylation sites is 2. The van der Waals surface area contributed by atoms with Crippen LogP contribution in [-0.2, 0) is 0 Å². The van der Waals surface area contributed by atoms with E-state index in [1.54, 1.807) is 0 Å². The van der Waals surface area contributed by atoms with Gasteiger partial charge in [0.2, 0.25) is 0 Å². The number of nitrogens with one attached hydrogen (secondary N) is 1. The highest BCUT2D eigenvalue weighted by Gasteiger charge is 2.09. The van der Waals surface area contributed by atoms with Gasteiger partial charge in [0.15, 0.2) is 0 Å². The van der Waals surface area contributed by atoms with Crippen LogP contribution in [0.3, 0.4) is 0 Å². The van der Waals surface area contributed by atoms with Crippen LogP contribution in [-0.4, -0.2) is 36.7 Å². The van der Waals surface area contributed by atoms with Crippen LogP contribution in [0.25, 0.3) is 16.6 Å². The predicted molar refractivity (Wildman–Crippen MR) is 90.3 cm³/mol. The minimum absolute atomic E-state index is 0.927. The number of hydrogen-bond acceptors (Lipinski definition) is 2. The molecule has 0 saturated heterocycles. The second-order valence-corrected chi connectivity index (χ2v) is 5.49. The first kappa shape index (κ1) is 13.7. The quantitative estimate of drug-likeness (QED) is 0.770. The Labute approximate surface area is 125 Å². The first-order valence-corrected chi connectivity index (χ1v) is 7.30. The van der Waals surface area contributed by atoms with Crippen LogP contribution >= 0.6 is 0 Å². The number of benzene rings is 2. The molecule has 0 spiro atoms. The summed E-state index contributed by atoms with van der Waals surface area (Å²) in [5, 5.41) is 4.81. The van der Waals surface area contributed by atoms with Gasteiger partial charge in [-0.15, -0.1) is 0 Å². The third-order valence-electron chi connectivity index (χ3n) is 3.59. The Kier molecular flexibility index (Phi) is 3.93. The van der Waals surface area contributed by atoms with Gasteiger partial charge in [-0.3, -0.25) is 4.57 Å². The van der Waals surface area contributed by atoms with E-state index in [-0.39, 0.29) is 0 Å². The number of rotatable bonds is 5. The fourth-order valence-electron chi connectivity index (χ4n) is 2.55. The molecule has 1 aromatic heterocycles. The number of fused-ring (bicyclic) bond motifs is 1. The second-order valence-electron chi connectivity index (χ2n) is 5.49. The molecule has 2 aromatic carbocycles. The van der Waals surface area contributed by atoms with Crippen LogP contribution in [0.1, 0.15) is 0 Å². The summed E-state index contributed by atoms with van der Waals surface area (Å²) in [6.07, 6.45) is 0. The van der Waals surface area contributed by atoms with Crippen molar-refractivity contribution in [1.82, 2.24) is 9.47 Å². The lowest BCUT2D eigenvalue weighted by Crippen LogP contribution is -2.21. The van der Waals surface area contributed by atoms with E-state index in [1.165, 1.54) is 16.6 Å². The molecule has 3 heteroatoms. The zero-order valence-electron chi connectivity index (χ0n) is 12.6. The van der Waals surface area contributed by atoms with Crippen molar-refractivity contribution in [3.63, 3.8) is 0 Å². The number of aromatic nitrogens is 1. The van der Waals surface area contributed by atoms with Crippen LogP contribution in [0.4, 0.5) is 5.82 Å². The molecule has 21 heavy (non-hydrogen) atoms. The van der Waals surface area contributed by atoms with Crippen LogP contribution in [0.5, 0.6) is 0 Å². The molecule has 0 fully saturated rings. The molecule has 0 amide bonds. The highest BCUT2D eigenvalue weighted by Crippen LogP contribution is 2.27. The van der Waals surface area contributed by atoms with E-state index in [0.717, 1.165) is 18.9 Å². The molecule has 0 aliphatic rings. The van der Waals surface area contributed by atoms with Crippen molar-refractivity contribution >= 4 is 16.7 Å². The minimum atomic E-state index is 0.927. The zero-order valence-corrected chi connectivity index (χ0v) is 12.6. The van der Waals surface area contributed by atoms with Gasteiger partial charge in [0, 0.05) is 24.2 Å². The van der Waals surface area contributed by atoms with Crippen LogP contribution in [0.2, 0.25) is 0 Å². The molecule has 3 rings (SSSR count). The summed E-state index contributed by atoms with van der Waals surface area (Å²) in [5.74, 6) is 1.14. The van der Waals surface area contributed by atoms with E-state index >= 15 is 0 Å². The van der Waals surface area contributed by atoms with Gasteiger partial charge in [0.05, 0.1) is 5.52 Å². The molecule has 0 aliphatic heterocycles. The Bertz CT molecular complexity index is 714. The first-order valence-electron chi connectivity index (χ1n) is 7.30. The van der Waals surface area contributed by atoms with Crippen molar-refractivity contribution in [1.29, 1.82) is 0 Å². The minimum Gasteiger partial charge on any atom is -0.370 e. The highest BCUT2D eigenvalue weighted by atomic mass is 15.1. The number of nitrogens with zero attached hydrogens (tertiary/aromatic N) is 2. The molecule has 0 aliphatic carbocycles. The van der Waals surface area contributed by atoms with E-state index in [0.29, 0.717) is 0 Å². The molecular weight excluding hydrogens is 258 g/mol. The molecule has 0 atom stereocenters. The maximum absolute atomic E-state index is 3.55. The maximum Gasteiger partial charge on any atom is 0.111 e. The third kappa shape index (κ3) is 2.93. The summed E-state index contributed by atoms with van der Waals surface area (Å²) in [7, 11) is 4.18. The van der Waals surface area contributed by atoms with Crippen molar-refractivity contribution in [2.24, 2.45) is 0 Å². The lowest BCUT2D eigenvalue weighted by Gasteiger charge is -2.14. The van der Waals surface area contributed by atoms with Gasteiger partial charge in [-0.25, -0.2) is 0 Å². The lowest BCUT2D eigenvalue weighted by atomic mass is 10.2. The van der Waals surface area contributed by atoms with Crippen LogP contribution < -0.4 is 5.32 Å². The molecular formula is C18H21N3. The molecule has 0 unspecified atom stereocenters. The van der Waals surface area contributed by atoms with Crippen LogP contribution in [0.15, 0.2) is 60.7 Å². The first-order chi connectivity index (χ1) is 10.3. The number of anilines is 1. The fourth-order valence-corrected chi connectivity index (χ4v) is 2.55. The number of likely N-dealkylation sites (N-methyl/N-ethyl adjacent to an activating group) is 1. The van der Waals surface area contributed by atoms with E-state index in [1.807, 2.05) is 6.07 Å². The Morgan fingerprint density at radius 2 is 1.67 bits per heavy atom. The van der Waals surface area contributed by atoms with E-state index in [4.69, 9.17) is 0 Å². The molecule has 3 nitrogen and oxygen atoms in total. The van der Waals surface area contributed by atoms with Crippen molar-refractivity contribution in [3.05, 3.63) is 60.7 Å². The van der Waals surface area contributed by atoms with Crippen LogP contribution in [0, 0.1) is 0 Å². The lowest BCUT2D eigenvalue weighted by molar-refractivity contribution is 0.425. The molecule has 3 aromatic rings. The Balaban J connectivity index is 2.02. The second kappa shape index (κ2) is 6.02. The zero-order chi connectivity index (χ0) is 14.7. The molecule has 1 heterocycles. The van der Waals surface area contributed by atoms with Crippen molar-refractivity contribution in [3.8, 4) is 5.69 Å². The topological polar surface area (TPSA) is 20.2 Å². The van der Waals surface area contributed by atoms with Gasteiger partial charge in [0.1, 0.15) is 5.82 Å². The standard InChI is InChI=1S/C18H21N3/c1-20(2)13-12-19-18-14-15-8-6-7-11-17(15)21(18)16-9-4-3-5-10-16/h3-11,14,19H,12-13H2,1-2H3. The van der Waals surface area contributed by atoms with Gasteiger partial charge in [-0.1, -0.05) is 36.4 Å². The smallest absolute Gasteiger partial charge is 0.111 e. The van der Waals surface area contributed by atoms with Gasteiger partial charge >= 0.3 is 0 Å². The van der Waals surface area contributed by atoms with E-state index in [2.05, 4.69) is 83.5 Å². The van der Waals surface area contributed by atoms with Crippen molar-refractivity contribution in [2.75, 3.05) is 32.5 Å². The average Bonchev–Trinajstić information content (AvgIpc) is 2.86. The summed E-state index contributed by atoms with van der Waals surface area (Å²) >= 11 is 0. The summed E-state index contributed by atoms with van der Waals surface area (Å²) in [6.45, 7) is 1.94. The number of hydrogen-bond donors (Lipinski definition) is 1. The van der Waals surface area contributed by atoms with E-state index < -0.39 is 0 Å². The van der Waals surface area contributed by atoms with Crippen molar-refractivity contribution < 1.29 is 0 Å². The maximum atomic E-state index is 3.55. The van der Waals surface area contributed by atoms with Gasteiger partial charge in [-0.05, 0) is 38.4 Å². The summed E-state index contributed by atoms with van der Waals surface area (Å²) in [5.41, 5.74) is 2.42. The molecule has 1 N–H and O–H groups in total. The Morgan fingerprint density at radius 3 is 2.43 bits per heavy atom. The van der Waals surface area contributed by atoms with Crippen molar-refractivity contribution in [2.45, 2.75) is 0 Å². The summed E-state index contributed by atoms with van der Waals surface area (Å²) in [6, 6.07) is 21.2. The van der Waals surface area contributed by atoms with Gasteiger partial charge < -0.3 is 10.2 Å². The Hall–Kier alpha value is -2.26. The van der Waals surface area contributed by atoms with E-state index in [9.17, 15) is 0 Å². The van der Waals surface area contributed by atoms with Gasteiger partial charge in [0.25, 0.3) is 0 Å². The normalized spacial score (nSPS) is 11.2. The molecule has 108 valence electrons. The largest absolute Gasteiger partial charge is 0.370 e. The Morgan fingerprint density at radius 1 is 0.952 bits per heavy atom. The monoisotopic (exact) mass is 279 g/mol. The highest BCUT2D eigenvalue weighted by molar-refractivity contribution is 5.87. The molecule has 0 saturated carbocycles. The summed E-state index contributed by atoms with van der Waals surface area (Å²) < 4.78 is 2.28. The predicted octanol–water partition coefficient (Wildman–Crippen LogP) is 3.60. The molecule has 0 bridgehead atoms. The van der Waals surface area contributed by atoms with Gasteiger partial charge in [-0.2, -0.15) is 0 Å². The molecule has 0 radical (unpaired) electrons. The fraction of sp³-hybridized carbons (Fsp3) is 0.222.